The van der Waals surface area contributed by atoms with Crippen LogP contribution in [0.25, 0.3) is 11.4 Å². The Labute approximate surface area is 150 Å². The molecule has 0 aliphatic carbocycles. The van der Waals surface area contributed by atoms with E-state index in [0.29, 0.717) is 30.2 Å². The van der Waals surface area contributed by atoms with Crippen LogP contribution >= 0.6 is 0 Å². The number of hydrogen-bond donors (Lipinski definition) is 3. The Morgan fingerprint density at radius 3 is 2.42 bits per heavy atom. The molecule has 0 fully saturated rings. The molecule has 0 radical (unpaired) electrons. The average molecular weight is 371 g/mol. The standard InChI is InChI=1S/C17H17N5O3S/c18-26(24,25)14-8-6-13(7-9-14)17(23)19-11-10-15-20-16(22-21-15)12-4-2-1-3-5-12/h1-9H,10-11H2,(H,19,23)(H2,18,24,25)(H,20,21,22). The van der Waals surface area contributed by atoms with Crippen LogP contribution < -0.4 is 10.5 Å². The Balaban J connectivity index is 1.55. The third kappa shape index (κ3) is 4.32. The molecule has 0 aliphatic heterocycles. The second-order valence-electron chi connectivity index (χ2n) is 5.55. The van der Waals surface area contributed by atoms with Gasteiger partial charge in [0, 0.05) is 24.1 Å². The first-order chi connectivity index (χ1) is 12.4. The summed E-state index contributed by atoms with van der Waals surface area (Å²) in [5.41, 5.74) is 1.26. The number of carbonyl (C=O) groups excluding carboxylic acids is 1. The van der Waals surface area contributed by atoms with Crippen molar-refractivity contribution >= 4 is 15.9 Å². The fourth-order valence-electron chi connectivity index (χ4n) is 2.32. The summed E-state index contributed by atoms with van der Waals surface area (Å²) in [6.45, 7) is 0.360. The number of nitrogens with two attached hydrogens (primary N) is 1. The van der Waals surface area contributed by atoms with Crippen molar-refractivity contribution in [2.45, 2.75) is 11.3 Å². The lowest BCUT2D eigenvalue weighted by molar-refractivity contribution is 0.0954. The van der Waals surface area contributed by atoms with Crippen LogP contribution in [0.15, 0.2) is 59.5 Å². The summed E-state index contributed by atoms with van der Waals surface area (Å²) in [5.74, 6) is 0.952. The molecule has 0 saturated heterocycles. The molecule has 0 unspecified atom stereocenters. The lowest BCUT2D eigenvalue weighted by atomic mass is 10.2. The zero-order valence-corrected chi connectivity index (χ0v) is 14.5. The molecule has 1 heterocycles. The monoisotopic (exact) mass is 371 g/mol. The summed E-state index contributed by atoms with van der Waals surface area (Å²) >= 11 is 0. The van der Waals surface area contributed by atoms with Gasteiger partial charge in [-0.1, -0.05) is 30.3 Å². The van der Waals surface area contributed by atoms with Crippen LogP contribution in [0.2, 0.25) is 0 Å². The molecule has 3 rings (SSSR count). The second-order valence-corrected chi connectivity index (χ2v) is 7.11. The summed E-state index contributed by atoms with van der Waals surface area (Å²) < 4.78 is 22.4. The van der Waals surface area contributed by atoms with E-state index < -0.39 is 10.0 Å². The number of H-pyrrole nitrogens is 1. The molecule has 1 amide bonds. The number of aromatic amines is 1. The van der Waals surface area contributed by atoms with Gasteiger partial charge in [-0.05, 0) is 24.3 Å². The number of primary sulfonamides is 1. The summed E-state index contributed by atoms with van der Waals surface area (Å²) in [6, 6.07) is 15.0. The van der Waals surface area contributed by atoms with Crippen molar-refractivity contribution in [2.75, 3.05) is 6.54 Å². The SMILES string of the molecule is NS(=O)(=O)c1ccc(C(=O)NCCc2nc(-c3ccccc3)n[nH]2)cc1. The normalized spacial score (nSPS) is 11.3. The van der Waals surface area contributed by atoms with Gasteiger partial charge in [-0.3, -0.25) is 9.89 Å². The first kappa shape index (κ1) is 17.8. The summed E-state index contributed by atoms with van der Waals surface area (Å²) in [5, 5.41) is 14.8. The van der Waals surface area contributed by atoms with Crippen LogP contribution in [0, 0.1) is 0 Å². The van der Waals surface area contributed by atoms with Gasteiger partial charge in [0.1, 0.15) is 5.82 Å². The number of aromatic nitrogens is 3. The number of nitrogens with zero attached hydrogens (tertiary/aromatic N) is 2. The van der Waals surface area contributed by atoms with Gasteiger partial charge >= 0.3 is 0 Å². The lowest BCUT2D eigenvalue weighted by Crippen LogP contribution is -2.26. The minimum atomic E-state index is -3.77. The number of rotatable bonds is 6. The van der Waals surface area contributed by atoms with Crippen LogP contribution in [0.3, 0.4) is 0 Å². The minimum Gasteiger partial charge on any atom is -0.352 e. The van der Waals surface area contributed by atoms with Gasteiger partial charge in [0.15, 0.2) is 5.82 Å². The van der Waals surface area contributed by atoms with Gasteiger partial charge in [0.05, 0.1) is 4.90 Å². The highest BCUT2D eigenvalue weighted by Crippen LogP contribution is 2.13. The molecular formula is C17H17N5O3S. The first-order valence-electron chi connectivity index (χ1n) is 7.81. The van der Waals surface area contributed by atoms with E-state index >= 15 is 0 Å². The van der Waals surface area contributed by atoms with Gasteiger partial charge in [0.2, 0.25) is 10.0 Å². The number of sulfonamides is 1. The van der Waals surface area contributed by atoms with E-state index in [1.807, 2.05) is 30.3 Å². The van der Waals surface area contributed by atoms with Gasteiger partial charge < -0.3 is 5.32 Å². The van der Waals surface area contributed by atoms with Crippen LogP contribution in [0.5, 0.6) is 0 Å². The maximum Gasteiger partial charge on any atom is 0.251 e. The van der Waals surface area contributed by atoms with Crippen LogP contribution in [-0.4, -0.2) is 36.1 Å². The quantitative estimate of drug-likeness (QED) is 0.597. The lowest BCUT2D eigenvalue weighted by Gasteiger charge is -2.04. The second kappa shape index (κ2) is 7.46. The zero-order valence-electron chi connectivity index (χ0n) is 13.7. The van der Waals surface area contributed by atoms with Gasteiger partial charge in [-0.25, -0.2) is 18.5 Å². The van der Waals surface area contributed by atoms with Crippen molar-refractivity contribution in [1.29, 1.82) is 0 Å². The Morgan fingerprint density at radius 2 is 1.77 bits per heavy atom. The average Bonchev–Trinajstić information content (AvgIpc) is 3.11. The van der Waals surface area contributed by atoms with E-state index in [2.05, 4.69) is 20.5 Å². The highest BCUT2D eigenvalue weighted by atomic mass is 32.2. The van der Waals surface area contributed by atoms with E-state index in [4.69, 9.17) is 5.14 Å². The number of hydrogen-bond acceptors (Lipinski definition) is 5. The molecule has 3 aromatic rings. The predicted molar refractivity (Wildman–Crippen MR) is 95.7 cm³/mol. The fourth-order valence-corrected chi connectivity index (χ4v) is 2.83. The molecule has 26 heavy (non-hydrogen) atoms. The molecule has 2 aromatic carbocycles. The van der Waals surface area contributed by atoms with Gasteiger partial charge in [-0.15, -0.1) is 0 Å². The van der Waals surface area contributed by atoms with E-state index in [-0.39, 0.29) is 10.8 Å². The molecule has 8 nitrogen and oxygen atoms in total. The maximum absolute atomic E-state index is 12.1. The zero-order chi connectivity index (χ0) is 18.6. The van der Waals surface area contributed by atoms with Crippen molar-refractivity contribution < 1.29 is 13.2 Å². The maximum atomic E-state index is 12.1. The highest BCUT2D eigenvalue weighted by molar-refractivity contribution is 7.89. The Morgan fingerprint density at radius 1 is 1.08 bits per heavy atom. The smallest absolute Gasteiger partial charge is 0.251 e. The topological polar surface area (TPSA) is 131 Å². The first-order valence-corrected chi connectivity index (χ1v) is 9.36. The van der Waals surface area contributed by atoms with E-state index in [1.165, 1.54) is 24.3 Å². The molecule has 134 valence electrons. The van der Waals surface area contributed by atoms with Crippen molar-refractivity contribution in [3.63, 3.8) is 0 Å². The molecule has 1 aromatic heterocycles. The Bertz CT molecular complexity index is 998. The van der Waals surface area contributed by atoms with Crippen LogP contribution in [0.4, 0.5) is 0 Å². The Hall–Kier alpha value is -3.04. The van der Waals surface area contributed by atoms with Gasteiger partial charge in [0.25, 0.3) is 5.91 Å². The number of carbonyl (C=O) groups is 1. The number of nitrogens with one attached hydrogen (secondary N) is 2. The van der Waals surface area contributed by atoms with Gasteiger partial charge in [-0.2, -0.15) is 5.10 Å². The van der Waals surface area contributed by atoms with E-state index in [1.54, 1.807) is 0 Å². The molecule has 0 atom stereocenters. The fraction of sp³-hybridized carbons (Fsp3) is 0.118. The van der Waals surface area contributed by atoms with Crippen LogP contribution in [0.1, 0.15) is 16.2 Å². The molecule has 9 heteroatoms. The number of amides is 1. The predicted octanol–water partition coefficient (Wildman–Crippen LogP) is 1.09. The molecule has 0 spiro atoms. The van der Waals surface area contributed by atoms with Crippen molar-refractivity contribution in [3.05, 3.63) is 66.0 Å². The molecular weight excluding hydrogens is 354 g/mol. The van der Waals surface area contributed by atoms with Crippen molar-refractivity contribution in [1.82, 2.24) is 20.5 Å². The minimum absolute atomic E-state index is 0.0378. The third-order valence-corrected chi connectivity index (χ3v) is 4.59. The summed E-state index contributed by atoms with van der Waals surface area (Å²) in [6.07, 6.45) is 0.487. The summed E-state index contributed by atoms with van der Waals surface area (Å²) in [7, 11) is -3.77. The van der Waals surface area contributed by atoms with E-state index in [0.717, 1.165) is 5.56 Å². The molecule has 0 saturated carbocycles. The number of benzene rings is 2. The van der Waals surface area contributed by atoms with Crippen molar-refractivity contribution in [3.8, 4) is 11.4 Å². The molecule has 0 aliphatic rings. The van der Waals surface area contributed by atoms with Crippen LogP contribution in [-0.2, 0) is 16.4 Å². The largest absolute Gasteiger partial charge is 0.352 e. The molecule has 4 N–H and O–H groups in total. The third-order valence-electron chi connectivity index (χ3n) is 3.66. The highest BCUT2D eigenvalue weighted by Gasteiger charge is 2.11. The Kier molecular flexibility index (Phi) is 5.10. The summed E-state index contributed by atoms with van der Waals surface area (Å²) in [4.78, 5) is 16.4. The van der Waals surface area contributed by atoms with E-state index in [9.17, 15) is 13.2 Å². The van der Waals surface area contributed by atoms with Crippen molar-refractivity contribution in [2.24, 2.45) is 5.14 Å². The molecule has 0 bridgehead atoms.